The van der Waals surface area contributed by atoms with Gasteiger partial charge in [-0.2, -0.15) is 0 Å². The Kier molecular flexibility index (Phi) is 4.80. The van der Waals surface area contributed by atoms with Crippen LogP contribution in [-0.2, 0) is 17.8 Å². The first kappa shape index (κ1) is 13.9. The summed E-state index contributed by atoms with van der Waals surface area (Å²) < 4.78 is 5.34. The van der Waals surface area contributed by atoms with Gasteiger partial charge in [-0.1, -0.05) is 19.1 Å². The maximum absolute atomic E-state index is 12.0. The number of methoxy groups -OCH3 is 1. The number of amides is 1. The molecule has 1 amide bonds. The van der Waals surface area contributed by atoms with Crippen molar-refractivity contribution in [1.29, 1.82) is 0 Å². The third-order valence-corrected chi connectivity index (χ3v) is 3.58. The first-order valence-electron chi connectivity index (χ1n) is 6.91. The van der Waals surface area contributed by atoms with Gasteiger partial charge in [-0.15, -0.1) is 0 Å². The first-order valence-corrected chi connectivity index (χ1v) is 6.91. The molecule has 0 spiro atoms. The largest absolute Gasteiger partial charge is 0.496 e. The van der Waals surface area contributed by atoms with Crippen molar-refractivity contribution in [2.75, 3.05) is 13.7 Å². The Hall–Kier alpha value is -1.55. The Morgan fingerprint density at radius 2 is 2.37 bits per heavy atom. The Bertz CT molecular complexity index is 440. The standard InChI is InChI=1S/C15H22N2O2/c1-3-11-6-7-14(19-2)12(9-11)10-17-15(18)13-5-4-8-16-13/h6-7,9,13,16H,3-5,8,10H2,1-2H3,(H,17,18). The van der Waals surface area contributed by atoms with Crippen molar-refractivity contribution in [3.05, 3.63) is 29.3 Å². The molecule has 4 heteroatoms. The molecule has 19 heavy (non-hydrogen) atoms. The number of hydrogen-bond acceptors (Lipinski definition) is 3. The average molecular weight is 262 g/mol. The van der Waals surface area contributed by atoms with Gasteiger partial charge in [-0.25, -0.2) is 0 Å². The maximum Gasteiger partial charge on any atom is 0.237 e. The summed E-state index contributed by atoms with van der Waals surface area (Å²) in [5, 5.41) is 6.19. The van der Waals surface area contributed by atoms with E-state index in [1.165, 1.54) is 5.56 Å². The van der Waals surface area contributed by atoms with Gasteiger partial charge < -0.3 is 15.4 Å². The van der Waals surface area contributed by atoms with Crippen LogP contribution in [0.25, 0.3) is 0 Å². The summed E-state index contributed by atoms with van der Waals surface area (Å²) in [4.78, 5) is 12.0. The Labute approximate surface area is 114 Å². The van der Waals surface area contributed by atoms with Gasteiger partial charge in [0.1, 0.15) is 5.75 Å². The lowest BCUT2D eigenvalue weighted by molar-refractivity contribution is -0.122. The summed E-state index contributed by atoms with van der Waals surface area (Å²) in [5.74, 6) is 0.915. The van der Waals surface area contributed by atoms with Gasteiger partial charge >= 0.3 is 0 Å². The third kappa shape index (κ3) is 3.47. The highest BCUT2D eigenvalue weighted by Crippen LogP contribution is 2.20. The molecule has 1 unspecified atom stereocenters. The highest BCUT2D eigenvalue weighted by Gasteiger charge is 2.21. The maximum atomic E-state index is 12.0. The molecule has 1 aromatic rings. The highest BCUT2D eigenvalue weighted by molar-refractivity contribution is 5.82. The van der Waals surface area contributed by atoms with Gasteiger partial charge in [-0.05, 0) is 37.4 Å². The molecule has 2 N–H and O–H groups in total. The number of hydrogen-bond donors (Lipinski definition) is 2. The van der Waals surface area contributed by atoms with Gasteiger partial charge in [0.25, 0.3) is 0 Å². The lowest BCUT2D eigenvalue weighted by Gasteiger charge is -2.14. The molecule has 2 rings (SSSR count). The van der Waals surface area contributed by atoms with E-state index in [0.29, 0.717) is 6.54 Å². The molecule has 1 fully saturated rings. The van der Waals surface area contributed by atoms with Gasteiger partial charge in [0.05, 0.1) is 13.2 Å². The predicted molar refractivity (Wildman–Crippen MR) is 75.2 cm³/mol. The number of benzene rings is 1. The van der Waals surface area contributed by atoms with Crippen LogP contribution in [0.5, 0.6) is 5.75 Å². The van der Waals surface area contributed by atoms with E-state index in [1.54, 1.807) is 7.11 Å². The molecule has 0 radical (unpaired) electrons. The van der Waals surface area contributed by atoms with Crippen LogP contribution in [0.15, 0.2) is 18.2 Å². The Balaban J connectivity index is 1.99. The van der Waals surface area contributed by atoms with Crippen LogP contribution in [0, 0.1) is 0 Å². The van der Waals surface area contributed by atoms with Crippen molar-refractivity contribution in [3.63, 3.8) is 0 Å². The zero-order valence-corrected chi connectivity index (χ0v) is 11.7. The molecule has 1 aliphatic rings. The van der Waals surface area contributed by atoms with Crippen LogP contribution in [0.4, 0.5) is 0 Å². The van der Waals surface area contributed by atoms with E-state index in [9.17, 15) is 4.79 Å². The van der Waals surface area contributed by atoms with E-state index in [-0.39, 0.29) is 11.9 Å². The van der Waals surface area contributed by atoms with E-state index < -0.39 is 0 Å². The summed E-state index contributed by atoms with van der Waals surface area (Å²) in [6.45, 7) is 3.58. The normalized spacial score (nSPS) is 18.3. The first-order chi connectivity index (χ1) is 9.24. The molecular weight excluding hydrogens is 240 g/mol. The summed E-state index contributed by atoms with van der Waals surface area (Å²) in [7, 11) is 1.66. The molecule has 4 nitrogen and oxygen atoms in total. The molecule has 0 bridgehead atoms. The summed E-state index contributed by atoms with van der Waals surface area (Å²) >= 11 is 0. The third-order valence-electron chi connectivity index (χ3n) is 3.58. The van der Waals surface area contributed by atoms with Crippen molar-refractivity contribution in [3.8, 4) is 5.75 Å². The SMILES string of the molecule is CCc1ccc(OC)c(CNC(=O)C2CCCN2)c1. The zero-order chi connectivity index (χ0) is 13.7. The van der Waals surface area contributed by atoms with Crippen LogP contribution in [0.3, 0.4) is 0 Å². The van der Waals surface area contributed by atoms with Crippen molar-refractivity contribution in [2.45, 2.75) is 38.8 Å². The van der Waals surface area contributed by atoms with Crippen molar-refractivity contribution in [2.24, 2.45) is 0 Å². The summed E-state index contributed by atoms with van der Waals surface area (Å²) in [6, 6.07) is 6.10. The molecule has 1 saturated heterocycles. The number of rotatable bonds is 5. The van der Waals surface area contributed by atoms with Crippen LogP contribution in [0.2, 0.25) is 0 Å². The minimum atomic E-state index is -0.0275. The fourth-order valence-electron chi connectivity index (χ4n) is 2.40. The Morgan fingerprint density at radius 1 is 1.53 bits per heavy atom. The molecule has 1 heterocycles. The fourth-order valence-corrected chi connectivity index (χ4v) is 2.40. The van der Waals surface area contributed by atoms with E-state index in [2.05, 4.69) is 29.7 Å². The number of aryl methyl sites for hydroxylation is 1. The van der Waals surface area contributed by atoms with Gasteiger partial charge in [0.15, 0.2) is 0 Å². The second kappa shape index (κ2) is 6.57. The summed E-state index contributed by atoms with van der Waals surface area (Å²) in [5.41, 5.74) is 2.29. The second-order valence-corrected chi connectivity index (χ2v) is 4.87. The number of carbonyl (C=O) groups excluding carboxylic acids is 1. The van der Waals surface area contributed by atoms with E-state index in [0.717, 1.165) is 37.1 Å². The molecule has 0 aromatic heterocycles. The number of nitrogens with one attached hydrogen (secondary N) is 2. The topological polar surface area (TPSA) is 50.4 Å². The Morgan fingerprint density at radius 3 is 3.00 bits per heavy atom. The quantitative estimate of drug-likeness (QED) is 0.848. The van der Waals surface area contributed by atoms with E-state index in [1.807, 2.05) is 6.07 Å². The van der Waals surface area contributed by atoms with Gasteiger partial charge in [-0.3, -0.25) is 4.79 Å². The zero-order valence-electron chi connectivity index (χ0n) is 11.7. The van der Waals surface area contributed by atoms with Crippen molar-refractivity contribution in [1.82, 2.24) is 10.6 Å². The predicted octanol–water partition coefficient (Wildman–Crippen LogP) is 1.63. The monoisotopic (exact) mass is 262 g/mol. The summed E-state index contributed by atoms with van der Waals surface area (Å²) in [6.07, 6.45) is 2.99. The molecule has 1 aliphatic heterocycles. The molecule has 1 atom stereocenters. The van der Waals surface area contributed by atoms with Crippen LogP contribution in [0.1, 0.15) is 30.9 Å². The molecular formula is C15H22N2O2. The van der Waals surface area contributed by atoms with Crippen molar-refractivity contribution < 1.29 is 9.53 Å². The smallest absolute Gasteiger partial charge is 0.237 e. The van der Waals surface area contributed by atoms with Crippen molar-refractivity contribution >= 4 is 5.91 Å². The second-order valence-electron chi connectivity index (χ2n) is 4.87. The lowest BCUT2D eigenvalue weighted by atomic mass is 10.1. The number of ether oxygens (including phenoxy) is 1. The van der Waals surface area contributed by atoms with Gasteiger partial charge in [0.2, 0.25) is 5.91 Å². The van der Waals surface area contributed by atoms with Gasteiger partial charge in [0, 0.05) is 12.1 Å². The minimum Gasteiger partial charge on any atom is -0.496 e. The van der Waals surface area contributed by atoms with Crippen LogP contribution in [-0.4, -0.2) is 25.6 Å². The highest BCUT2D eigenvalue weighted by atomic mass is 16.5. The molecule has 1 aromatic carbocycles. The fraction of sp³-hybridized carbons (Fsp3) is 0.533. The molecule has 0 saturated carbocycles. The van der Waals surface area contributed by atoms with Crippen LogP contribution >= 0.6 is 0 Å². The number of carbonyl (C=O) groups is 1. The minimum absolute atomic E-state index is 0.0275. The lowest BCUT2D eigenvalue weighted by Crippen LogP contribution is -2.40. The van der Waals surface area contributed by atoms with Crippen LogP contribution < -0.4 is 15.4 Å². The van der Waals surface area contributed by atoms with E-state index in [4.69, 9.17) is 4.74 Å². The average Bonchev–Trinajstić information content (AvgIpc) is 2.98. The van der Waals surface area contributed by atoms with E-state index >= 15 is 0 Å². The molecule has 0 aliphatic carbocycles. The molecule has 104 valence electrons.